The molecule has 0 bridgehead atoms. The van der Waals surface area contributed by atoms with Crippen molar-refractivity contribution in [2.24, 2.45) is 0 Å². The maximum atomic E-state index is 6.30. The van der Waals surface area contributed by atoms with E-state index in [2.05, 4.69) is 34.6 Å². The van der Waals surface area contributed by atoms with Gasteiger partial charge in [0.05, 0.1) is 5.56 Å². The molecule has 5 aromatic rings. The minimum absolute atomic E-state index is 0.577. The fourth-order valence-corrected chi connectivity index (χ4v) is 5.23. The van der Waals surface area contributed by atoms with Crippen molar-refractivity contribution in [1.82, 2.24) is 9.97 Å². The van der Waals surface area contributed by atoms with Crippen LogP contribution in [0.15, 0.2) is 89.9 Å². The summed E-state index contributed by atoms with van der Waals surface area (Å²) in [5.74, 6) is 1.49. The van der Waals surface area contributed by atoms with E-state index < -0.39 is 6.29 Å². The molecular formula is C25H16N2O2S2. The SMILES string of the molecule is c1ccc(-c2cnc(-c3nccs3)c(-c3cccs3)c2C2Oc3ccccc3O2)cc1. The van der Waals surface area contributed by atoms with Crippen LogP contribution >= 0.6 is 22.7 Å². The van der Waals surface area contributed by atoms with E-state index >= 15 is 0 Å². The maximum Gasteiger partial charge on any atom is 0.269 e. The molecule has 6 rings (SSSR count). The monoisotopic (exact) mass is 440 g/mol. The molecule has 0 aliphatic carbocycles. The predicted molar refractivity (Wildman–Crippen MR) is 125 cm³/mol. The van der Waals surface area contributed by atoms with E-state index in [0.29, 0.717) is 0 Å². The van der Waals surface area contributed by atoms with Gasteiger partial charge in [-0.2, -0.15) is 0 Å². The molecule has 31 heavy (non-hydrogen) atoms. The van der Waals surface area contributed by atoms with E-state index in [1.807, 2.05) is 60.2 Å². The Kier molecular flexibility index (Phi) is 4.52. The molecule has 4 heterocycles. The van der Waals surface area contributed by atoms with E-state index in [0.717, 1.165) is 49.3 Å². The van der Waals surface area contributed by atoms with Gasteiger partial charge in [-0.15, -0.1) is 22.7 Å². The van der Waals surface area contributed by atoms with E-state index in [1.54, 1.807) is 22.7 Å². The van der Waals surface area contributed by atoms with Crippen molar-refractivity contribution in [2.75, 3.05) is 0 Å². The highest BCUT2D eigenvalue weighted by atomic mass is 32.1. The molecule has 0 atom stereocenters. The van der Waals surface area contributed by atoms with Gasteiger partial charge >= 0.3 is 0 Å². The number of thiazole rings is 1. The van der Waals surface area contributed by atoms with Crippen molar-refractivity contribution < 1.29 is 9.47 Å². The summed E-state index contributed by atoms with van der Waals surface area (Å²) in [6.07, 6.45) is 3.14. The lowest BCUT2D eigenvalue weighted by Gasteiger charge is -2.21. The lowest BCUT2D eigenvalue weighted by atomic mass is 9.94. The Hall–Kier alpha value is -3.48. The molecule has 0 fully saturated rings. The quantitative estimate of drug-likeness (QED) is 0.300. The number of fused-ring (bicyclic) bond motifs is 1. The van der Waals surface area contributed by atoms with Crippen LogP contribution in [0.4, 0.5) is 0 Å². The van der Waals surface area contributed by atoms with Gasteiger partial charge in [-0.3, -0.25) is 4.98 Å². The molecule has 1 aliphatic rings. The second-order valence-electron chi connectivity index (χ2n) is 7.00. The van der Waals surface area contributed by atoms with Crippen molar-refractivity contribution >= 4 is 22.7 Å². The Morgan fingerprint density at radius 1 is 0.742 bits per heavy atom. The first-order valence-electron chi connectivity index (χ1n) is 9.83. The van der Waals surface area contributed by atoms with Gasteiger partial charge in [-0.1, -0.05) is 48.5 Å². The molecule has 3 aromatic heterocycles. The van der Waals surface area contributed by atoms with Crippen LogP contribution in [-0.2, 0) is 0 Å². The molecule has 0 amide bonds. The molecule has 0 saturated carbocycles. The number of ether oxygens (including phenoxy) is 2. The summed E-state index contributed by atoms with van der Waals surface area (Å²) in [5.41, 5.74) is 4.86. The summed E-state index contributed by atoms with van der Waals surface area (Å²) in [4.78, 5) is 10.5. The minimum atomic E-state index is -0.577. The highest BCUT2D eigenvalue weighted by Crippen LogP contribution is 2.48. The number of hydrogen-bond acceptors (Lipinski definition) is 6. The standard InChI is InChI=1S/C25H16N2O2S2/c1-2-7-16(8-3-1)17-15-27-23(24-26-12-14-31-24)22(20-11-6-13-30-20)21(17)25-28-18-9-4-5-10-19(18)29-25/h1-15,25H. The van der Waals surface area contributed by atoms with Gasteiger partial charge in [0.25, 0.3) is 6.29 Å². The molecule has 4 nitrogen and oxygen atoms in total. The van der Waals surface area contributed by atoms with Crippen molar-refractivity contribution in [3.63, 3.8) is 0 Å². The van der Waals surface area contributed by atoms with Crippen LogP contribution < -0.4 is 9.47 Å². The van der Waals surface area contributed by atoms with Crippen molar-refractivity contribution in [3.05, 3.63) is 95.4 Å². The number of para-hydroxylation sites is 2. The lowest BCUT2D eigenvalue weighted by molar-refractivity contribution is 0.0497. The number of nitrogens with zero attached hydrogens (tertiary/aromatic N) is 2. The molecule has 150 valence electrons. The van der Waals surface area contributed by atoms with Crippen molar-refractivity contribution in [2.45, 2.75) is 6.29 Å². The number of rotatable bonds is 4. The van der Waals surface area contributed by atoms with Gasteiger partial charge in [0, 0.05) is 33.8 Å². The minimum Gasteiger partial charge on any atom is -0.447 e. The van der Waals surface area contributed by atoms with E-state index in [1.165, 1.54) is 0 Å². The highest BCUT2D eigenvalue weighted by molar-refractivity contribution is 7.14. The van der Waals surface area contributed by atoms with Crippen LogP contribution in [0.5, 0.6) is 11.5 Å². The molecule has 0 spiro atoms. The van der Waals surface area contributed by atoms with Gasteiger partial charge in [0.15, 0.2) is 11.5 Å². The number of hydrogen-bond donors (Lipinski definition) is 0. The zero-order chi connectivity index (χ0) is 20.6. The molecule has 0 saturated heterocycles. The summed E-state index contributed by atoms with van der Waals surface area (Å²) >= 11 is 3.25. The first kappa shape index (κ1) is 18.3. The van der Waals surface area contributed by atoms with Crippen LogP contribution in [0.1, 0.15) is 11.9 Å². The van der Waals surface area contributed by atoms with Crippen LogP contribution in [0.3, 0.4) is 0 Å². The van der Waals surface area contributed by atoms with Gasteiger partial charge in [-0.05, 0) is 29.1 Å². The van der Waals surface area contributed by atoms with E-state index in [9.17, 15) is 0 Å². The fourth-order valence-electron chi connectivity index (χ4n) is 3.81. The molecule has 0 N–H and O–H groups in total. The maximum absolute atomic E-state index is 6.30. The summed E-state index contributed by atoms with van der Waals surface area (Å²) in [7, 11) is 0. The van der Waals surface area contributed by atoms with E-state index in [-0.39, 0.29) is 0 Å². The normalized spacial score (nSPS) is 12.9. The number of benzene rings is 2. The van der Waals surface area contributed by atoms with Crippen LogP contribution in [0.2, 0.25) is 0 Å². The fraction of sp³-hybridized carbons (Fsp3) is 0.0400. The molecule has 1 aliphatic heterocycles. The summed E-state index contributed by atoms with van der Waals surface area (Å²) in [5, 5.41) is 4.92. The molecule has 2 aromatic carbocycles. The molecular weight excluding hydrogens is 424 g/mol. The zero-order valence-electron chi connectivity index (χ0n) is 16.3. The first-order chi connectivity index (χ1) is 15.4. The second-order valence-corrected chi connectivity index (χ2v) is 8.85. The molecule has 0 unspecified atom stereocenters. The zero-order valence-corrected chi connectivity index (χ0v) is 17.9. The summed E-state index contributed by atoms with van der Waals surface area (Å²) < 4.78 is 12.6. The van der Waals surface area contributed by atoms with E-state index in [4.69, 9.17) is 14.5 Å². The van der Waals surface area contributed by atoms with Crippen LogP contribution in [0.25, 0.3) is 32.3 Å². The van der Waals surface area contributed by atoms with Crippen LogP contribution in [-0.4, -0.2) is 9.97 Å². The third-order valence-electron chi connectivity index (χ3n) is 5.16. The third-order valence-corrected chi connectivity index (χ3v) is 6.83. The Morgan fingerprint density at radius 3 is 2.19 bits per heavy atom. The number of pyridine rings is 1. The second kappa shape index (κ2) is 7.65. The average molecular weight is 441 g/mol. The Labute approximate surface area is 187 Å². The number of thiophene rings is 1. The number of aromatic nitrogens is 2. The van der Waals surface area contributed by atoms with Gasteiger partial charge in [-0.25, -0.2) is 4.98 Å². The summed E-state index contributed by atoms with van der Waals surface area (Å²) in [6, 6.07) is 22.2. The van der Waals surface area contributed by atoms with Gasteiger partial charge in [0.2, 0.25) is 0 Å². The van der Waals surface area contributed by atoms with Gasteiger partial charge in [0.1, 0.15) is 10.7 Å². The molecule has 6 heteroatoms. The predicted octanol–water partition coefficient (Wildman–Crippen LogP) is 7.07. The van der Waals surface area contributed by atoms with Crippen molar-refractivity contribution in [3.8, 4) is 43.8 Å². The highest BCUT2D eigenvalue weighted by Gasteiger charge is 2.33. The topological polar surface area (TPSA) is 44.2 Å². The first-order valence-corrected chi connectivity index (χ1v) is 11.6. The summed E-state index contributed by atoms with van der Waals surface area (Å²) in [6.45, 7) is 0. The van der Waals surface area contributed by atoms with Crippen LogP contribution in [0, 0.1) is 0 Å². The molecule has 0 radical (unpaired) electrons. The Balaban J connectivity index is 1.64. The Morgan fingerprint density at radius 2 is 1.52 bits per heavy atom. The Bertz CT molecular complexity index is 1310. The average Bonchev–Trinajstić information content (AvgIpc) is 3.60. The lowest BCUT2D eigenvalue weighted by Crippen LogP contribution is -2.12. The smallest absolute Gasteiger partial charge is 0.269 e. The largest absolute Gasteiger partial charge is 0.447 e. The van der Waals surface area contributed by atoms with Crippen molar-refractivity contribution in [1.29, 1.82) is 0 Å². The third kappa shape index (κ3) is 3.21. The van der Waals surface area contributed by atoms with Gasteiger partial charge < -0.3 is 9.47 Å².